The van der Waals surface area contributed by atoms with Gasteiger partial charge in [0.1, 0.15) is 11.5 Å². The second-order valence-corrected chi connectivity index (χ2v) is 6.15. The van der Waals surface area contributed by atoms with Gasteiger partial charge in [0.25, 0.3) is 5.91 Å². The normalized spacial score (nSPS) is 10.5. The molecule has 0 bridgehead atoms. The van der Waals surface area contributed by atoms with Gasteiger partial charge in [-0.1, -0.05) is 53.7 Å². The number of aromatic nitrogens is 1. The first-order chi connectivity index (χ1) is 13.1. The third-order valence-electron chi connectivity index (χ3n) is 4.10. The lowest BCUT2D eigenvalue weighted by molar-refractivity contribution is -0.118. The number of hydrogen-bond donors (Lipinski definition) is 2. The summed E-state index contributed by atoms with van der Waals surface area (Å²) in [4.78, 5) is 24.1. The van der Waals surface area contributed by atoms with E-state index in [9.17, 15) is 14.7 Å². The molecule has 6 heteroatoms. The molecule has 0 spiro atoms. The highest BCUT2D eigenvalue weighted by atomic mass is 16.5. The minimum absolute atomic E-state index is 0.0125. The van der Waals surface area contributed by atoms with Crippen molar-refractivity contribution in [2.45, 2.75) is 19.3 Å². The number of benzene rings is 2. The van der Waals surface area contributed by atoms with Crippen LogP contribution in [0.15, 0.2) is 65.2 Å². The topological polar surface area (TPSA) is 92.4 Å². The summed E-state index contributed by atoms with van der Waals surface area (Å²) in [7, 11) is 0. The van der Waals surface area contributed by atoms with Crippen LogP contribution in [0.25, 0.3) is 11.3 Å². The quantitative estimate of drug-likeness (QED) is 0.598. The number of phenolic OH excluding ortho intramolecular Hbond substituents is 1. The predicted octanol–water partition coefficient (Wildman–Crippen LogP) is 3.37. The zero-order valence-corrected chi connectivity index (χ0v) is 14.7. The van der Waals surface area contributed by atoms with Gasteiger partial charge in [-0.25, -0.2) is 0 Å². The van der Waals surface area contributed by atoms with Crippen LogP contribution in [0.4, 0.5) is 0 Å². The van der Waals surface area contributed by atoms with E-state index in [4.69, 9.17) is 4.52 Å². The third-order valence-corrected chi connectivity index (χ3v) is 4.10. The Balaban J connectivity index is 1.43. The van der Waals surface area contributed by atoms with Crippen molar-refractivity contribution in [2.75, 3.05) is 6.54 Å². The van der Waals surface area contributed by atoms with Crippen LogP contribution in [0.5, 0.6) is 5.75 Å². The zero-order chi connectivity index (χ0) is 19.1. The molecule has 138 valence electrons. The van der Waals surface area contributed by atoms with Crippen molar-refractivity contribution in [1.29, 1.82) is 0 Å². The number of amides is 1. The van der Waals surface area contributed by atoms with Crippen LogP contribution >= 0.6 is 0 Å². The predicted molar refractivity (Wildman–Crippen MR) is 100 cm³/mol. The molecule has 0 saturated carbocycles. The van der Waals surface area contributed by atoms with Crippen LogP contribution in [0.1, 0.15) is 28.9 Å². The number of ketones is 1. The maximum atomic E-state index is 12.1. The lowest BCUT2D eigenvalue weighted by Gasteiger charge is -2.04. The fourth-order valence-corrected chi connectivity index (χ4v) is 2.66. The van der Waals surface area contributed by atoms with E-state index in [1.165, 1.54) is 0 Å². The number of carbonyl (C=O) groups is 2. The molecule has 27 heavy (non-hydrogen) atoms. The summed E-state index contributed by atoms with van der Waals surface area (Å²) in [5.74, 6) is 0.325. The summed E-state index contributed by atoms with van der Waals surface area (Å²) in [6, 6.07) is 17.8. The molecule has 3 rings (SSSR count). The lowest BCUT2D eigenvalue weighted by Crippen LogP contribution is -2.25. The molecule has 0 aliphatic carbocycles. The van der Waals surface area contributed by atoms with Crippen LogP contribution in [-0.4, -0.2) is 28.5 Å². The van der Waals surface area contributed by atoms with E-state index in [-0.39, 0.29) is 29.6 Å². The molecular formula is C21H20N2O4. The first kappa shape index (κ1) is 18.4. The van der Waals surface area contributed by atoms with Crippen molar-refractivity contribution in [3.8, 4) is 17.1 Å². The number of Topliss-reactive ketones (excluding diaryl/α,β-unsaturated/α-hetero) is 1. The fourth-order valence-electron chi connectivity index (χ4n) is 2.66. The van der Waals surface area contributed by atoms with Crippen LogP contribution < -0.4 is 5.32 Å². The van der Waals surface area contributed by atoms with Crippen LogP contribution in [0.2, 0.25) is 0 Å². The number of para-hydroxylation sites is 1. The van der Waals surface area contributed by atoms with Gasteiger partial charge in [0.15, 0.2) is 11.5 Å². The van der Waals surface area contributed by atoms with Gasteiger partial charge in [-0.3, -0.25) is 9.59 Å². The molecular weight excluding hydrogens is 344 g/mol. The van der Waals surface area contributed by atoms with Gasteiger partial charge in [0, 0.05) is 36.6 Å². The summed E-state index contributed by atoms with van der Waals surface area (Å²) in [6.45, 7) is 0.360. The zero-order valence-electron chi connectivity index (χ0n) is 14.7. The highest BCUT2D eigenvalue weighted by Crippen LogP contribution is 2.19. The Kier molecular flexibility index (Phi) is 5.99. The fraction of sp³-hybridized carbons (Fsp3) is 0.190. The molecule has 6 nitrogen and oxygen atoms in total. The Morgan fingerprint density at radius 1 is 1.04 bits per heavy atom. The number of phenols is 1. The summed E-state index contributed by atoms with van der Waals surface area (Å²) >= 11 is 0. The number of nitrogens with one attached hydrogen (secondary N) is 1. The molecule has 0 unspecified atom stereocenters. The first-order valence-electron chi connectivity index (χ1n) is 8.72. The van der Waals surface area contributed by atoms with Crippen LogP contribution in [-0.2, 0) is 11.2 Å². The van der Waals surface area contributed by atoms with E-state index >= 15 is 0 Å². The molecule has 0 aliphatic heterocycles. The second-order valence-electron chi connectivity index (χ2n) is 6.15. The Labute approximate surface area is 156 Å². The largest absolute Gasteiger partial charge is 0.508 e. The molecule has 1 heterocycles. The highest BCUT2D eigenvalue weighted by molar-refractivity contribution is 5.93. The highest BCUT2D eigenvalue weighted by Gasteiger charge is 2.13. The Morgan fingerprint density at radius 2 is 1.78 bits per heavy atom. The van der Waals surface area contributed by atoms with E-state index in [0.29, 0.717) is 30.7 Å². The number of aromatic hydroxyl groups is 1. The van der Waals surface area contributed by atoms with Gasteiger partial charge in [-0.2, -0.15) is 0 Å². The summed E-state index contributed by atoms with van der Waals surface area (Å²) in [6.07, 6.45) is 1.02. The summed E-state index contributed by atoms with van der Waals surface area (Å²) in [5.41, 5.74) is 1.66. The van der Waals surface area contributed by atoms with Gasteiger partial charge in [0.05, 0.1) is 0 Å². The van der Waals surface area contributed by atoms with E-state index in [2.05, 4.69) is 10.5 Å². The average Bonchev–Trinajstić information content (AvgIpc) is 3.18. The minimum Gasteiger partial charge on any atom is -0.508 e. The van der Waals surface area contributed by atoms with Crippen molar-refractivity contribution in [3.05, 3.63) is 71.9 Å². The molecule has 1 aromatic heterocycles. The van der Waals surface area contributed by atoms with E-state index in [1.807, 2.05) is 30.3 Å². The van der Waals surface area contributed by atoms with Crippen molar-refractivity contribution >= 4 is 11.7 Å². The lowest BCUT2D eigenvalue weighted by atomic mass is 10.0. The van der Waals surface area contributed by atoms with E-state index in [1.54, 1.807) is 30.3 Å². The summed E-state index contributed by atoms with van der Waals surface area (Å²) < 4.78 is 5.21. The molecule has 1 amide bonds. The van der Waals surface area contributed by atoms with Crippen molar-refractivity contribution in [2.24, 2.45) is 0 Å². The van der Waals surface area contributed by atoms with Gasteiger partial charge < -0.3 is 14.9 Å². The Bertz CT molecular complexity index is 919. The molecule has 2 N–H and O–H groups in total. The third kappa shape index (κ3) is 5.04. The number of carbonyl (C=O) groups excluding carboxylic acids is 2. The molecule has 0 atom stereocenters. The molecule has 3 aromatic rings. The van der Waals surface area contributed by atoms with E-state index in [0.717, 1.165) is 5.56 Å². The molecule has 2 aromatic carbocycles. The van der Waals surface area contributed by atoms with Crippen LogP contribution in [0.3, 0.4) is 0 Å². The maximum Gasteiger partial charge on any atom is 0.273 e. The average molecular weight is 364 g/mol. The summed E-state index contributed by atoms with van der Waals surface area (Å²) in [5, 5.41) is 16.2. The molecule has 0 radical (unpaired) electrons. The number of rotatable bonds is 8. The van der Waals surface area contributed by atoms with Crippen molar-refractivity contribution in [1.82, 2.24) is 10.5 Å². The van der Waals surface area contributed by atoms with Crippen molar-refractivity contribution in [3.63, 3.8) is 0 Å². The SMILES string of the molecule is O=C(CCCNC(=O)c1cc(-c2ccccc2)on1)Cc1ccccc1O. The minimum atomic E-state index is -0.339. The van der Waals surface area contributed by atoms with Gasteiger partial charge in [0.2, 0.25) is 0 Å². The van der Waals surface area contributed by atoms with E-state index < -0.39 is 0 Å². The standard InChI is InChI=1S/C21H20N2O4/c24-17(13-16-9-4-5-11-19(16)25)10-6-12-22-21(26)18-14-20(27-23-18)15-7-2-1-3-8-15/h1-5,7-9,11,14,25H,6,10,12-13H2,(H,22,26). The van der Waals surface area contributed by atoms with Crippen molar-refractivity contribution < 1.29 is 19.2 Å². The smallest absolute Gasteiger partial charge is 0.273 e. The Hall–Kier alpha value is -3.41. The van der Waals surface area contributed by atoms with Gasteiger partial charge >= 0.3 is 0 Å². The monoisotopic (exact) mass is 364 g/mol. The molecule has 0 aliphatic rings. The number of hydrogen-bond acceptors (Lipinski definition) is 5. The second kappa shape index (κ2) is 8.80. The van der Waals surface area contributed by atoms with Gasteiger partial charge in [-0.05, 0) is 12.5 Å². The Morgan fingerprint density at radius 3 is 2.56 bits per heavy atom. The molecule has 0 fully saturated rings. The number of nitrogens with zero attached hydrogens (tertiary/aromatic N) is 1. The maximum absolute atomic E-state index is 12.1. The molecule has 0 saturated heterocycles. The first-order valence-corrected chi connectivity index (χ1v) is 8.72. The van der Waals surface area contributed by atoms with Gasteiger partial charge in [-0.15, -0.1) is 0 Å². The van der Waals surface area contributed by atoms with Crippen LogP contribution in [0, 0.1) is 0 Å².